The number of thiocarbonyl (C=S) groups is 1. The Labute approximate surface area is 107 Å². The van der Waals surface area contributed by atoms with E-state index in [0.717, 1.165) is 34.5 Å². The van der Waals surface area contributed by atoms with Crippen molar-refractivity contribution in [2.45, 2.75) is 19.8 Å². The Bertz CT molecular complexity index is 400. The zero-order chi connectivity index (χ0) is 11.5. The fourth-order valence-corrected chi connectivity index (χ4v) is 2.32. The van der Waals surface area contributed by atoms with Gasteiger partial charge in [-0.15, -0.1) is 0 Å². The minimum Gasteiger partial charge on any atom is -0.349 e. The third-order valence-electron chi connectivity index (χ3n) is 2.90. The Kier molecular flexibility index (Phi) is 3.66. The Hall–Kier alpha value is -0.800. The van der Waals surface area contributed by atoms with Gasteiger partial charge < -0.3 is 10.2 Å². The second-order valence-corrected chi connectivity index (χ2v) is 4.83. The van der Waals surface area contributed by atoms with Crippen LogP contribution >= 0.6 is 23.8 Å². The first-order chi connectivity index (χ1) is 7.68. The van der Waals surface area contributed by atoms with Crippen LogP contribution in [0.3, 0.4) is 0 Å². The van der Waals surface area contributed by atoms with Crippen molar-refractivity contribution in [3.8, 4) is 0 Å². The van der Waals surface area contributed by atoms with E-state index >= 15 is 0 Å². The summed E-state index contributed by atoms with van der Waals surface area (Å²) < 4.78 is 0. The molecule has 0 saturated carbocycles. The first kappa shape index (κ1) is 11.7. The molecule has 1 aromatic rings. The highest BCUT2D eigenvalue weighted by Gasteiger charge is 2.15. The zero-order valence-electron chi connectivity index (χ0n) is 9.29. The summed E-state index contributed by atoms with van der Waals surface area (Å²) in [4.78, 5) is 2.20. The van der Waals surface area contributed by atoms with E-state index in [1.54, 1.807) is 0 Å². The molecule has 1 N–H and O–H groups in total. The van der Waals surface area contributed by atoms with Crippen molar-refractivity contribution in [1.29, 1.82) is 0 Å². The molecule has 86 valence electrons. The maximum atomic E-state index is 6.06. The second-order valence-electron chi connectivity index (χ2n) is 4.04. The summed E-state index contributed by atoms with van der Waals surface area (Å²) in [5.41, 5.74) is 2.05. The van der Waals surface area contributed by atoms with Crippen molar-refractivity contribution in [3.05, 3.63) is 28.8 Å². The number of likely N-dealkylation sites (tertiary alicyclic amines) is 1. The molecule has 0 amide bonds. The van der Waals surface area contributed by atoms with Crippen LogP contribution < -0.4 is 5.32 Å². The normalized spacial score (nSPS) is 15.2. The highest BCUT2D eigenvalue weighted by molar-refractivity contribution is 7.80. The average molecular weight is 255 g/mol. The molecule has 2 rings (SSSR count). The minimum absolute atomic E-state index is 0.772. The molecule has 0 spiro atoms. The molecule has 16 heavy (non-hydrogen) atoms. The van der Waals surface area contributed by atoms with Crippen molar-refractivity contribution in [2.24, 2.45) is 0 Å². The van der Waals surface area contributed by atoms with E-state index in [-0.39, 0.29) is 0 Å². The average Bonchev–Trinajstić information content (AvgIpc) is 2.78. The third-order valence-corrected chi connectivity index (χ3v) is 3.67. The lowest BCUT2D eigenvalue weighted by Gasteiger charge is -2.20. The quantitative estimate of drug-likeness (QED) is 0.773. The molecule has 1 fully saturated rings. The van der Waals surface area contributed by atoms with Gasteiger partial charge in [-0.05, 0) is 49.7 Å². The number of hydrogen-bond donors (Lipinski definition) is 1. The van der Waals surface area contributed by atoms with Gasteiger partial charge in [0.25, 0.3) is 0 Å². The molecule has 0 aromatic heterocycles. The maximum Gasteiger partial charge on any atom is 0.173 e. The summed E-state index contributed by atoms with van der Waals surface area (Å²) in [5, 5.41) is 4.85. The summed E-state index contributed by atoms with van der Waals surface area (Å²) in [6.07, 6.45) is 2.46. The molecule has 4 heteroatoms. The van der Waals surface area contributed by atoms with Crippen molar-refractivity contribution >= 4 is 34.6 Å². The Morgan fingerprint density at radius 2 is 2.06 bits per heavy atom. The van der Waals surface area contributed by atoms with Gasteiger partial charge in [-0.2, -0.15) is 0 Å². The van der Waals surface area contributed by atoms with Crippen molar-refractivity contribution in [1.82, 2.24) is 4.90 Å². The predicted octanol–water partition coefficient (Wildman–Crippen LogP) is 3.44. The number of nitrogens with one attached hydrogen (secondary N) is 1. The Morgan fingerprint density at radius 1 is 1.38 bits per heavy atom. The maximum absolute atomic E-state index is 6.06. The molecule has 1 heterocycles. The number of halogens is 1. The fourth-order valence-electron chi connectivity index (χ4n) is 1.86. The van der Waals surface area contributed by atoms with Crippen LogP contribution in [0.2, 0.25) is 5.02 Å². The molecule has 0 bridgehead atoms. The molecular weight excluding hydrogens is 240 g/mol. The van der Waals surface area contributed by atoms with Gasteiger partial charge in [0, 0.05) is 23.8 Å². The van der Waals surface area contributed by atoms with E-state index in [1.807, 2.05) is 25.1 Å². The van der Waals surface area contributed by atoms with Crippen LogP contribution in [0.15, 0.2) is 18.2 Å². The lowest BCUT2D eigenvalue weighted by Crippen LogP contribution is -2.32. The van der Waals surface area contributed by atoms with Gasteiger partial charge in [-0.25, -0.2) is 0 Å². The number of benzene rings is 1. The standard InChI is InChI=1S/C12H15ClN2S/c1-9-10(13)5-4-6-11(9)14-12(16)15-7-2-3-8-15/h4-6H,2-3,7-8H2,1H3,(H,14,16). The summed E-state index contributed by atoms with van der Waals surface area (Å²) >= 11 is 11.4. The van der Waals surface area contributed by atoms with E-state index in [2.05, 4.69) is 10.2 Å². The van der Waals surface area contributed by atoms with E-state index in [9.17, 15) is 0 Å². The monoisotopic (exact) mass is 254 g/mol. The Morgan fingerprint density at radius 3 is 2.75 bits per heavy atom. The molecule has 0 unspecified atom stereocenters. The van der Waals surface area contributed by atoms with Crippen molar-refractivity contribution in [3.63, 3.8) is 0 Å². The smallest absolute Gasteiger partial charge is 0.173 e. The molecule has 0 radical (unpaired) electrons. The van der Waals surface area contributed by atoms with Gasteiger partial charge >= 0.3 is 0 Å². The lowest BCUT2D eigenvalue weighted by molar-refractivity contribution is 0.528. The molecule has 0 aliphatic carbocycles. The van der Waals surface area contributed by atoms with Gasteiger partial charge in [0.05, 0.1) is 0 Å². The topological polar surface area (TPSA) is 15.3 Å². The van der Waals surface area contributed by atoms with Gasteiger partial charge in [0.1, 0.15) is 0 Å². The number of anilines is 1. The fraction of sp³-hybridized carbons (Fsp3) is 0.417. The highest BCUT2D eigenvalue weighted by Crippen LogP contribution is 2.23. The molecule has 0 atom stereocenters. The zero-order valence-corrected chi connectivity index (χ0v) is 10.9. The summed E-state index contributed by atoms with van der Waals surface area (Å²) in [6, 6.07) is 5.83. The van der Waals surface area contributed by atoms with Crippen LogP contribution in [0.4, 0.5) is 5.69 Å². The van der Waals surface area contributed by atoms with Crippen LogP contribution in [0.1, 0.15) is 18.4 Å². The number of nitrogens with zero attached hydrogens (tertiary/aromatic N) is 1. The summed E-state index contributed by atoms with van der Waals surface area (Å²) in [7, 11) is 0. The lowest BCUT2D eigenvalue weighted by atomic mass is 10.2. The first-order valence-electron chi connectivity index (χ1n) is 5.49. The van der Waals surface area contributed by atoms with Crippen molar-refractivity contribution < 1.29 is 0 Å². The van der Waals surface area contributed by atoms with Crippen molar-refractivity contribution in [2.75, 3.05) is 18.4 Å². The predicted molar refractivity (Wildman–Crippen MR) is 73.2 cm³/mol. The molecule has 1 aliphatic heterocycles. The molecule has 1 aliphatic rings. The SMILES string of the molecule is Cc1c(Cl)cccc1NC(=S)N1CCCC1. The third kappa shape index (κ3) is 2.47. The Balaban J connectivity index is 2.08. The van der Waals surface area contributed by atoms with Gasteiger partial charge in [-0.3, -0.25) is 0 Å². The van der Waals surface area contributed by atoms with Crippen LogP contribution in [-0.4, -0.2) is 23.1 Å². The highest BCUT2D eigenvalue weighted by atomic mass is 35.5. The summed E-state index contributed by atoms with van der Waals surface area (Å²) in [5.74, 6) is 0. The molecular formula is C12H15ClN2S. The molecule has 1 saturated heterocycles. The van der Waals surface area contributed by atoms with E-state index < -0.39 is 0 Å². The summed E-state index contributed by atoms with van der Waals surface area (Å²) in [6.45, 7) is 4.12. The van der Waals surface area contributed by atoms with Crippen LogP contribution in [-0.2, 0) is 0 Å². The van der Waals surface area contributed by atoms with Gasteiger partial charge in [0.15, 0.2) is 5.11 Å². The second kappa shape index (κ2) is 5.02. The van der Waals surface area contributed by atoms with Crippen LogP contribution in [0.5, 0.6) is 0 Å². The largest absolute Gasteiger partial charge is 0.349 e. The van der Waals surface area contributed by atoms with E-state index in [1.165, 1.54) is 12.8 Å². The van der Waals surface area contributed by atoms with E-state index in [4.69, 9.17) is 23.8 Å². The molecule has 1 aromatic carbocycles. The number of hydrogen-bond acceptors (Lipinski definition) is 1. The molecule has 2 nitrogen and oxygen atoms in total. The minimum atomic E-state index is 0.772. The van der Waals surface area contributed by atoms with Crippen LogP contribution in [0, 0.1) is 6.92 Å². The first-order valence-corrected chi connectivity index (χ1v) is 6.28. The van der Waals surface area contributed by atoms with E-state index in [0.29, 0.717) is 0 Å². The van der Waals surface area contributed by atoms with Gasteiger partial charge in [-0.1, -0.05) is 17.7 Å². The number of rotatable bonds is 1. The van der Waals surface area contributed by atoms with Gasteiger partial charge in [0.2, 0.25) is 0 Å². The van der Waals surface area contributed by atoms with Crippen LogP contribution in [0.25, 0.3) is 0 Å².